The van der Waals surface area contributed by atoms with Crippen LogP contribution in [0.2, 0.25) is 5.02 Å². The van der Waals surface area contributed by atoms with Gasteiger partial charge < -0.3 is 9.15 Å². The van der Waals surface area contributed by atoms with Gasteiger partial charge >= 0.3 is 11.6 Å². The molecule has 2 aromatic carbocycles. The number of ether oxygens (including phenoxy) is 1. The van der Waals surface area contributed by atoms with Gasteiger partial charge in [0.1, 0.15) is 12.2 Å². The topological polar surface area (TPSA) is 93.9 Å². The molecule has 4 rings (SSSR count). The fourth-order valence-electron chi connectivity index (χ4n) is 3.79. The van der Waals surface area contributed by atoms with Gasteiger partial charge in [-0.05, 0) is 49.6 Å². The quantitative estimate of drug-likeness (QED) is 0.403. The van der Waals surface area contributed by atoms with E-state index in [-0.39, 0.29) is 17.1 Å². The van der Waals surface area contributed by atoms with E-state index in [1.807, 2.05) is 0 Å². The number of hydrogen-bond acceptors (Lipinski definition) is 6. The second kappa shape index (κ2) is 9.05. The molecule has 0 N–H and O–H groups in total. The van der Waals surface area contributed by atoms with E-state index < -0.39 is 21.6 Å². The number of esters is 1. The highest BCUT2D eigenvalue weighted by Crippen LogP contribution is 2.27. The van der Waals surface area contributed by atoms with Crippen LogP contribution in [-0.2, 0) is 21.4 Å². The highest BCUT2D eigenvalue weighted by atomic mass is 35.5. The minimum absolute atomic E-state index is 0.0424. The maximum absolute atomic E-state index is 13.1. The molecule has 0 spiro atoms. The van der Waals surface area contributed by atoms with Crippen molar-refractivity contribution in [3.63, 3.8) is 0 Å². The molecule has 1 aromatic heterocycles. The van der Waals surface area contributed by atoms with Crippen molar-refractivity contribution >= 4 is 38.6 Å². The molecule has 0 radical (unpaired) electrons. The van der Waals surface area contributed by atoms with Crippen molar-refractivity contribution in [1.82, 2.24) is 4.31 Å². The summed E-state index contributed by atoms with van der Waals surface area (Å²) in [5.41, 5.74) is 0.868. The largest absolute Gasteiger partial charge is 0.457 e. The van der Waals surface area contributed by atoms with E-state index in [0.29, 0.717) is 34.6 Å². The Balaban J connectivity index is 1.63. The smallest absolute Gasteiger partial charge is 0.339 e. The standard InChI is InChI=1S/C23H22ClNO6S/c1-15-11-20-18(13-19(15)24)16(12-22(26)31-20)14-30-23(27)17-7-3-4-8-21(17)32(28,29)25-9-5-2-6-10-25/h3-4,7-8,11-13H,2,5-6,9-10,14H2,1H3. The molecule has 9 heteroatoms. The third-order valence-corrected chi connectivity index (χ3v) is 7.87. The van der Waals surface area contributed by atoms with Gasteiger partial charge in [-0.2, -0.15) is 4.31 Å². The molecule has 2 heterocycles. The van der Waals surface area contributed by atoms with E-state index in [4.69, 9.17) is 20.8 Å². The van der Waals surface area contributed by atoms with Gasteiger partial charge in [0.2, 0.25) is 10.0 Å². The van der Waals surface area contributed by atoms with Crippen molar-refractivity contribution in [3.8, 4) is 0 Å². The normalized spacial score (nSPS) is 15.1. The molecule has 0 aliphatic carbocycles. The number of benzene rings is 2. The predicted octanol–water partition coefficient (Wildman–Crippen LogP) is 4.29. The van der Waals surface area contributed by atoms with Crippen molar-refractivity contribution in [2.24, 2.45) is 0 Å². The molecule has 3 aromatic rings. The lowest BCUT2D eigenvalue weighted by Gasteiger charge is -2.26. The fourth-order valence-corrected chi connectivity index (χ4v) is 5.65. The Morgan fingerprint density at radius 2 is 1.84 bits per heavy atom. The molecule has 0 bridgehead atoms. The lowest BCUT2D eigenvalue weighted by atomic mass is 10.1. The highest BCUT2D eigenvalue weighted by molar-refractivity contribution is 7.89. The number of piperidine rings is 1. The summed E-state index contributed by atoms with van der Waals surface area (Å²) in [6.45, 7) is 2.40. The van der Waals surface area contributed by atoms with Gasteiger partial charge in [-0.25, -0.2) is 18.0 Å². The number of nitrogens with zero attached hydrogens (tertiary/aromatic N) is 1. The van der Waals surface area contributed by atoms with Crippen LogP contribution in [0, 0.1) is 6.92 Å². The average molecular weight is 476 g/mol. The minimum Gasteiger partial charge on any atom is -0.457 e. The number of hydrogen-bond donors (Lipinski definition) is 0. The van der Waals surface area contributed by atoms with E-state index in [1.54, 1.807) is 31.2 Å². The van der Waals surface area contributed by atoms with Gasteiger partial charge in [0, 0.05) is 35.1 Å². The number of aryl methyl sites for hydroxylation is 1. The first-order valence-corrected chi connectivity index (χ1v) is 12.1. The summed E-state index contributed by atoms with van der Waals surface area (Å²) in [5, 5.41) is 1.03. The lowest BCUT2D eigenvalue weighted by Crippen LogP contribution is -2.36. The van der Waals surface area contributed by atoms with Crippen molar-refractivity contribution in [2.75, 3.05) is 13.1 Å². The monoisotopic (exact) mass is 475 g/mol. The summed E-state index contributed by atoms with van der Waals surface area (Å²) in [7, 11) is -3.82. The van der Waals surface area contributed by atoms with Crippen molar-refractivity contribution in [2.45, 2.75) is 37.7 Å². The molecule has 168 valence electrons. The minimum atomic E-state index is -3.82. The summed E-state index contributed by atoms with van der Waals surface area (Å²) < 4.78 is 38.3. The van der Waals surface area contributed by atoms with Gasteiger partial charge in [-0.15, -0.1) is 0 Å². The second-order valence-corrected chi connectivity index (χ2v) is 10.0. The Labute approximate surface area is 190 Å². The third-order valence-electron chi connectivity index (χ3n) is 5.51. The summed E-state index contributed by atoms with van der Waals surface area (Å²) in [4.78, 5) is 24.7. The number of carbonyl (C=O) groups is 1. The first-order valence-electron chi connectivity index (χ1n) is 10.3. The van der Waals surface area contributed by atoms with E-state index in [0.717, 1.165) is 24.8 Å². The zero-order valence-electron chi connectivity index (χ0n) is 17.5. The fraction of sp³-hybridized carbons (Fsp3) is 0.304. The molecule has 1 saturated heterocycles. The third kappa shape index (κ3) is 4.44. The van der Waals surface area contributed by atoms with Crippen LogP contribution >= 0.6 is 11.6 Å². The Hall–Kier alpha value is -2.68. The van der Waals surface area contributed by atoms with Gasteiger partial charge in [0.05, 0.1) is 10.5 Å². The molecule has 0 saturated carbocycles. The SMILES string of the molecule is Cc1cc2oc(=O)cc(COC(=O)c3ccccc3S(=O)(=O)N3CCCCC3)c2cc1Cl. The molecule has 7 nitrogen and oxygen atoms in total. The van der Waals surface area contributed by atoms with Crippen molar-refractivity contribution in [3.05, 3.63) is 74.6 Å². The Bertz CT molecular complexity index is 1340. The molecule has 1 fully saturated rings. The number of halogens is 1. The Morgan fingerprint density at radius 1 is 1.12 bits per heavy atom. The van der Waals surface area contributed by atoms with Crippen LogP contribution in [-0.4, -0.2) is 31.8 Å². The maximum atomic E-state index is 13.1. The maximum Gasteiger partial charge on any atom is 0.339 e. The molecule has 1 aliphatic rings. The van der Waals surface area contributed by atoms with Crippen molar-refractivity contribution in [1.29, 1.82) is 0 Å². The molecule has 0 atom stereocenters. The van der Waals surface area contributed by atoms with Crippen LogP contribution in [0.1, 0.15) is 40.7 Å². The van der Waals surface area contributed by atoms with Crippen LogP contribution in [0.5, 0.6) is 0 Å². The van der Waals surface area contributed by atoms with Gasteiger partial charge in [0.25, 0.3) is 0 Å². The van der Waals surface area contributed by atoms with Crippen LogP contribution in [0.3, 0.4) is 0 Å². The van der Waals surface area contributed by atoms with Crippen LogP contribution in [0.15, 0.2) is 56.6 Å². The van der Waals surface area contributed by atoms with E-state index in [1.165, 1.54) is 22.5 Å². The zero-order chi connectivity index (χ0) is 22.9. The first kappa shape index (κ1) is 22.5. The van der Waals surface area contributed by atoms with Crippen LogP contribution < -0.4 is 5.63 Å². The van der Waals surface area contributed by atoms with Crippen molar-refractivity contribution < 1.29 is 22.4 Å². The first-order chi connectivity index (χ1) is 15.3. The molecule has 32 heavy (non-hydrogen) atoms. The summed E-state index contributed by atoms with van der Waals surface area (Å²) in [6, 6.07) is 10.5. The number of sulfonamides is 1. The molecule has 1 aliphatic heterocycles. The van der Waals surface area contributed by atoms with Gasteiger partial charge in [-0.3, -0.25) is 0 Å². The Kier molecular flexibility index (Phi) is 6.37. The lowest BCUT2D eigenvalue weighted by molar-refractivity contribution is 0.0469. The second-order valence-electron chi connectivity index (χ2n) is 7.73. The molecular formula is C23H22ClNO6S. The van der Waals surface area contributed by atoms with E-state index >= 15 is 0 Å². The Morgan fingerprint density at radius 3 is 2.59 bits per heavy atom. The summed E-state index contributed by atoms with van der Waals surface area (Å²) in [5.74, 6) is -0.791. The molecular weight excluding hydrogens is 454 g/mol. The summed E-state index contributed by atoms with van der Waals surface area (Å²) in [6.07, 6.45) is 2.56. The van der Waals surface area contributed by atoms with E-state index in [9.17, 15) is 18.0 Å². The molecule has 0 unspecified atom stereocenters. The summed E-state index contributed by atoms with van der Waals surface area (Å²) >= 11 is 6.20. The molecule has 0 amide bonds. The highest BCUT2D eigenvalue weighted by Gasteiger charge is 2.30. The van der Waals surface area contributed by atoms with Gasteiger partial charge in [-0.1, -0.05) is 30.2 Å². The number of rotatable bonds is 5. The zero-order valence-corrected chi connectivity index (χ0v) is 19.0. The van der Waals surface area contributed by atoms with Crippen LogP contribution in [0.4, 0.5) is 0 Å². The van der Waals surface area contributed by atoms with Crippen LogP contribution in [0.25, 0.3) is 11.0 Å². The predicted molar refractivity (Wildman–Crippen MR) is 120 cm³/mol. The number of carbonyl (C=O) groups excluding carboxylic acids is 1. The average Bonchev–Trinajstić information content (AvgIpc) is 2.79. The number of fused-ring (bicyclic) bond motifs is 1. The van der Waals surface area contributed by atoms with E-state index in [2.05, 4.69) is 0 Å². The van der Waals surface area contributed by atoms with Gasteiger partial charge in [0.15, 0.2) is 0 Å².